The summed E-state index contributed by atoms with van der Waals surface area (Å²) >= 11 is 0. The molecule has 0 aliphatic carbocycles. The highest BCUT2D eigenvalue weighted by Gasteiger charge is 2.13. The van der Waals surface area contributed by atoms with Gasteiger partial charge in [0.1, 0.15) is 11.5 Å². The van der Waals surface area contributed by atoms with E-state index in [-0.39, 0.29) is 0 Å². The maximum absolute atomic E-state index is 6.00. The number of nitrogens with zero attached hydrogens (tertiary/aromatic N) is 1. The lowest BCUT2D eigenvalue weighted by Crippen LogP contribution is -2.30. The van der Waals surface area contributed by atoms with Crippen molar-refractivity contribution in [3.63, 3.8) is 0 Å². The van der Waals surface area contributed by atoms with E-state index in [1.54, 1.807) is 0 Å². The van der Waals surface area contributed by atoms with E-state index in [0.717, 1.165) is 30.0 Å². The van der Waals surface area contributed by atoms with E-state index in [9.17, 15) is 0 Å². The molecule has 0 unspecified atom stereocenters. The van der Waals surface area contributed by atoms with Crippen molar-refractivity contribution in [3.8, 4) is 11.3 Å². The predicted molar refractivity (Wildman–Crippen MR) is 95.2 cm³/mol. The van der Waals surface area contributed by atoms with Gasteiger partial charge in [0.2, 0.25) is 0 Å². The van der Waals surface area contributed by atoms with Gasteiger partial charge in [-0.15, -0.1) is 0 Å². The summed E-state index contributed by atoms with van der Waals surface area (Å²) in [5.41, 5.74) is 2.50. The van der Waals surface area contributed by atoms with Crippen molar-refractivity contribution in [2.45, 2.75) is 25.9 Å². The highest BCUT2D eigenvalue weighted by Crippen LogP contribution is 2.22. The van der Waals surface area contributed by atoms with Crippen LogP contribution in [0.1, 0.15) is 18.2 Å². The summed E-state index contributed by atoms with van der Waals surface area (Å²) in [4.78, 5) is 2.33. The largest absolute Gasteiger partial charge is 0.460 e. The van der Waals surface area contributed by atoms with Crippen LogP contribution in [0, 0.1) is 0 Å². The summed E-state index contributed by atoms with van der Waals surface area (Å²) in [6, 6.07) is 25.5. The second-order valence-electron chi connectivity index (χ2n) is 6.09. The van der Waals surface area contributed by atoms with Crippen molar-refractivity contribution in [2.24, 2.45) is 0 Å². The third-order valence-electron chi connectivity index (χ3n) is 4.25. The molecule has 23 heavy (non-hydrogen) atoms. The van der Waals surface area contributed by atoms with E-state index in [1.807, 2.05) is 18.2 Å². The Morgan fingerprint density at radius 1 is 0.870 bits per heavy atom. The van der Waals surface area contributed by atoms with Crippen LogP contribution in [0.5, 0.6) is 0 Å². The van der Waals surface area contributed by atoms with Crippen LogP contribution in [0.3, 0.4) is 0 Å². The zero-order valence-electron chi connectivity index (χ0n) is 13.8. The van der Waals surface area contributed by atoms with Crippen molar-refractivity contribution in [3.05, 3.63) is 84.1 Å². The minimum absolute atomic E-state index is 0.461. The standard InChI is InChI=1S/C21H23NO/c1-17(15-18-9-5-3-6-10-18)22(2)16-20-13-14-21(23-20)19-11-7-4-8-12-19/h3-14,17H,15-16H2,1-2H3/t17-/m0/s1. The lowest BCUT2D eigenvalue weighted by molar-refractivity contribution is 0.229. The maximum atomic E-state index is 6.00. The Kier molecular flexibility index (Phi) is 4.94. The van der Waals surface area contributed by atoms with Gasteiger partial charge in [-0.05, 0) is 38.1 Å². The zero-order chi connectivity index (χ0) is 16.1. The molecule has 2 aromatic carbocycles. The maximum Gasteiger partial charge on any atom is 0.134 e. The van der Waals surface area contributed by atoms with Gasteiger partial charge in [0.25, 0.3) is 0 Å². The molecule has 0 fully saturated rings. The highest BCUT2D eigenvalue weighted by atomic mass is 16.3. The number of hydrogen-bond donors (Lipinski definition) is 0. The quantitative estimate of drug-likeness (QED) is 0.636. The molecule has 0 saturated heterocycles. The molecule has 0 saturated carbocycles. The summed E-state index contributed by atoms with van der Waals surface area (Å²) in [6.45, 7) is 3.08. The second-order valence-corrected chi connectivity index (χ2v) is 6.09. The van der Waals surface area contributed by atoms with Gasteiger partial charge in [-0.1, -0.05) is 60.7 Å². The molecule has 0 radical (unpaired) electrons. The number of furan rings is 1. The molecule has 0 aliphatic rings. The van der Waals surface area contributed by atoms with E-state index < -0.39 is 0 Å². The normalized spacial score (nSPS) is 12.5. The molecule has 0 spiro atoms. The first-order chi connectivity index (χ1) is 11.2. The van der Waals surface area contributed by atoms with Gasteiger partial charge in [0.15, 0.2) is 0 Å². The average molecular weight is 305 g/mol. The van der Waals surface area contributed by atoms with Gasteiger partial charge in [-0.25, -0.2) is 0 Å². The first-order valence-corrected chi connectivity index (χ1v) is 8.10. The Labute approximate surface area is 138 Å². The first kappa shape index (κ1) is 15.6. The fourth-order valence-corrected chi connectivity index (χ4v) is 2.73. The van der Waals surface area contributed by atoms with Gasteiger partial charge in [-0.3, -0.25) is 4.90 Å². The minimum atomic E-state index is 0.461. The molecule has 0 amide bonds. The summed E-state index contributed by atoms with van der Waals surface area (Å²) in [5, 5.41) is 0. The smallest absolute Gasteiger partial charge is 0.134 e. The number of rotatable bonds is 6. The molecule has 0 aliphatic heterocycles. The van der Waals surface area contributed by atoms with E-state index in [4.69, 9.17) is 4.42 Å². The van der Waals surface area contributed by atoms with Crippen molar-refractivity contribution in [1.29, 1.82) is 0 Å². The van der Waals surface area contributed by atoms with Crippen LogP contribution in [-0.4, -0.2) is 18.0 Å². The molecule has 3 aromatic rings. The number of hydrogen-bond acceptors (Lipinski definition) is 2. The van der Waals surface area contributed by atoms with E-state index >= 15 is 0 Å². The number of likely N-dealkylation sites (N-methyl/N-ethyl adjacent to an activating group) is 1. The molecular formula is C21H23NO. The first-order valence-electron chi connectivity index (χ1n) is 8.10. The molecular weight excluding hydrogens is 282 g/mol. The Balaban J connectivity index is 1.62. The van der Waals surface area contributed by atoms with Crippen molar-refractivity contribution < 1.29 is 4.42 Å². The van der Waals surface area contributed by atoms with Gasteiger partial charge in [-0.2, -0.15) is 0 Å². The Hall–Kier alpha value is -2.32. The SMILES string of the molecule is C[C@@H](Cc1ccccc1)N(C)Cc1ccc(-c2ccccc2)o1. The summed E-state index contributed by atoms with van der Waals surface area (Å²) in [5.74, 6) is 1.94. The highest BCUT2D eigenvalue weighted by molar-refractivity contribution is 5.57. The fraction of sp³-hybridized carbons (Fsp3) is 0.238. The lowest BCUT2D eigenvalue weighted by Gasteiger charge is -2.23. The molecule has 1 atom stereocenters. The summed E-state index contributed by atoms with van der Waals surface area (Å²) in [7, 11) is 2.15. The van der Waals surface area contributed by atoms with Crippen molar-refractivity contribution in [1.82, 2.24) is 4.90 Å². The molecule has 2 heteroatoms. The molecule has 1 heterocycles. The molecule has 0 bridgehead atoms. The topological polar surface area (TPSA) is 16.4 Å². The summed E-state index contributed by atoms with van der Waals surface area (Å²) in [6.07, 6.45) is 1.05. The van der Waals surface area contributed by atoms with Gasteiger partial charge in [0, 0.05) is 11.6 Å². The molecule has 0 N–H and O–H groups in total. The van der Waals surface area contributed by atoms with E-state index in [1.165, 1.54) is 5.56 Å². The summed E-state index contributed by atoms with van der Waals surface area (Å²) < 4.78 is 6.00. The zero-order valence-corrected chi connectivity index (χ0v) is 13.8. The molecule has 2 nitrogen and oxygen atoms in total. The Morgan fingerprint density at radius 3 is 2.22 bits per heavy atom. The van der Waals surface area contributed by atoms with E-state index in [2.05, 4.69) is 73.5 Å². The Bertz CT molecular complexity index is 718. The van der Waals surface area contributed by atoms with Crippen LogP contribution in [0.4, 0.5) is 0 Å². The van der Waals surface area contributed by atoms with Crippen LogP contribution < -0.4 is 0 Å². The van der Waals surface area contributed by atoms with Crippen LogP contribution in [0.15, 0.2) is 77.2 Å². The van der Waals surface area contributed by atoms with Gasteiger partial charge >= 0.3 is 0 Å². The van der Waals surface area contributed by atoms with Gasteiger partial charge < -0.3 is 4.42 Å². The Morgan fingerprint density at radius 2 is 1.52 bits per heavy atom. The van der Waals surface area contributed by atoms with Crippen molar-refractivity contribution >= 4 is 0 Å². The fourth-order valence-electron chi connectivity index (χ4n) is 2.73. The molecule has 118 valence electrons. The third kappa shape index (κ3) is 4.11. The second kappa shape index (κ2) is 7.30. The molecule has 3 rings (SSSR count). The van der Waals surface area contributed by atoms with Crippen LogP contribution in [0.25, 0.3) is 11.3 Å². The number of benzene rings is 2. The van der Waals surface area contributed by atoms with Crippen LogP contribution in [0.2, 0.25) is 0 Å². The third-order valence-corrected chi connectivity index (χ3v) is 4.25. The van der Waals surface area contributed by atoms with Crippen LogP contribution >= 0.6 is 0 Å². The van der Waals surface area contributed by atoms with Crippen LogP contribution in [-0.2, 0) is 13.0 Å². The minimum Gasteiger partial charge on any atom is -0.460 e. The average Bonchev–Trinajstić information content (AvgIpc) is 3.05. The lowest BCUT2D eigenvalue weighted by atomic mass is 10.1. The predicted octanol–water partition coefficient (Wildman–Crippen LogP) is 5.01. The van der Waals surface area contributed by atoms with Gasteiger partial charge in [0.05, 0.1) is 6.54 Å². The monoisotopic (exact) mass is 305 g/mol. The molecule has 1 aromatic heterocycles. The van der Waals surface area contributed by atoms with E-state index in [0.29, 0.717) is 6.04 Å². The van der Waals surface area contributed by atoms with Crippen molar-refractivity contribution in [2.75, 3.05) is 7.05 Å².